The van der Waals surface area contributed by atoms with Gasteiger partial charge in [0.2, 0.25) is 5.90 Å². The minimum atomic E-state index is -0.526. The predicted molar refractivity (Wildman–Crippen MR) is 100 cm³/mol. The highest BCUT2D eigenvalue weighted by Gasteiger charge is 2.33. The van der Waals surface area contributed by atoms with Gasteiger partial charge in [0.1, 0.15) is 29.0 Å². The summed E-state index contributed by atoms with van der Waals surface area (Å²) in [7, 11) is 1.60. The number of phenolic OH excluding ortho intramolecular Hbond substituents is 2. The molecule has 0 radical (unpaired) electrons. The molecule has 1 aliphatic heterocycles. The van der Waals surface area contributed by atoms with Gasteiger partial charge in [0, 0.05) is 12.5 Å². The van der Waals surface area contributed by atoms with Gasteiger partial charge in [0.05, 0.1) is 7.11 Å². The van der Waals surface area contributed by atoms with E-state index < -0.39 is 6.04 Å². The monoisotopic (exact) mass is 357 g/mol. The van der Waals surface area contributed by atoms with E-state index in [0.717, 1.165) is 5.56 Å². The van der Waals surface area contributed by atoms with Gasteiger partial charge in [-0.2, -0.15) is 0 Å². The fourth-order valence-electron chi connectivity index (χ4n) is 3.09. The molecule has 26 heavy (non-hydrogen) atoms. The third-order valence-electron chi connectivity index (χ3n) is 4.49. The highest BCUT2D eigenvalue weighted by Crippen LogP contribution is 2.38. The highest BCUT2D eigenvalue weighted by atomic mass is 16.5. The smallest absolute Gasteiger partial charge is 0.230 e. The van der Waals surface area contributed by atoms with E-state index in [1.165, 1.54) is 6.07 Å². The van der Waals surface area contributed by atoms with Gasteiger partial charge in [-0.3, -0.25) is 5.01 Å². The molecule has 3 rings (SSSR count). The van der Waals surface area contributed by atoms with E-state index >= 15 is 0 Å². The summed E-state index contributed by atoms with van der Waals surface area (Å²) < 4.78 is 5.38. The fourth-order valence-corrected chi connectivity index (χ4v) is 3.09. The summed E-state index contributed by atoms with van der Waals surface area (Å²) in [6.07, 6.45) is 0.420. The topological polar surface area (TPSA) is 97.6 Å². The van der Waals surface area contributed by atoms with Crippen molar-refractivity contribution in [1.29, 1.82) is 0 Å². The lowest BCUT2D eigenvalue weighted by atomic mass is 9.99. The van der Waals surface area contributed by atoms with E-state index in [1.807, 2.05) is 38.1 Å². The number of hydrazone groups is 1. The summed E-state index contributed by atoms with van der Waals surface area (Å²) >= 11 is 0. The molecule has 4 N–H and O–H groups in total. The van der Waals surface area contributed by atoms with E-state index in [2.05, 4.69) is 10.6 Å². The molecule has 0 bridgehead atoms. The summed E-state index contributed by atoms with van der Waals surface area (Å²) in [5.74, 6) is 0.625. The lowest BCUT2D eigenvalue weighted by Crippen LogP contribution is -2.42. The van der Waals surface area contributed by atoms with Gasteiger partial charge in [-0.1, -0.05) is 32.0 Å². The Morgan fingerprint density at radius 3 is 2.58 bits per heavy atom. The van der Waals surface area contributed by atoms with Crippen LogP contribution < -0.4 is 15.3 Å². The van der Waals surface area contributed by atoms with Crippen molar-refractivity contribution in [1.82, 2.24) is 5.53 Å². The van der Waals surface area contributed by atoms with Crippen LogP contribution in [0, 0.1) is 0 Å². The molecule has 0 fully saturated rings. The number of nitrogens with zero attached hydrogens (tertiary/aromatic N) is 2. The molecule has 0 spiro atoms. The number of benzene rings is 2. The summed E-state index contributed by atoms with van der Waals surface area (Å²) in [6.45, 7) is 3.90. The molecular weight excluding hydrogens is 334 g/mol. The minimum absolute atomic E-state index is 0.0341. The number of anilines is 1. The maximum absolute atomic E-state index is 10.3. The van der Waals surface area contributed by atoms with Crippen LogP contribution in [-0.4, -0.2) is 34.4 Å². The molecule has 0 aromatic heterocycles. The van der Waals surface area contributed by atoms with Crippen LogP contribution in [0.15, 0.2) is 41.5 Å². The zero-order valence-corrected chi connectivity index (χ0v) is 15.0. The number of rotatable bonds is 5. The maximum Gasteiger partial charge on any atom is 0.230 e. The summed E-state index contributed by atoms with van der Waals surface area (Å²) in [5.41, 5.74) is 4.77. The second kappa shape index (κ2) is 7.03. The molecule has 138 valence electrons. The van der Waals surface area contributed by atoms with Crippen molar-refractivity contribution < 1.29 is 20.1 Å². The molecule has 1 unspecified atom stereocenters. The highest BCUT2D eigenvalue weighted by molar-refractivity contribution is 5.86. The Labute approximate surface area is 152 Å². The number of aliphatic hydroxyl groups excluding tert-OH is 1. The van der Waals surface area contributed by atoms with Gasteiger partial charge in [-0.25, -0.2) is 5.53 Å². The normalized spacial score (nSPS) is 16.5. The fraction of sp³-hybridized carbons (Fsp3) is 0.316. The summed E-state index contributed by atoms with van der Waals surface area (Å²) in [6, 6.07) is 10.0. The Kier molecular flexibility index (Phi) is 4.79. The van der Waals surface area contributed by atoms with Crippen LogP contribution in [0.5, 0.6) is 17.2 Å². The maximum atomic E-state index is 10.3. The van der Waals surface area contributed by atoms with Crippen LogP contribution in [-0.2, 0) is 6.42 Å². The lowest BCUT2D eigenvalue weighted by molar-refractivity contribution is 0.407. The van der Waals surface area contributed by atoms with E-state index in [4.69, 9.17) is 4.74 Å². The largest absolute Gasteiger partial charge is 0.508 e. The Hall–Kier alpha value is -3.09. The third-order valence-corrected chi connectivity index (χ3v) is 4.49. The molecule has 0 saturated heterocycles. The van der Waals surface area contributed by atoms with E-state index in [-0.39, 0.29) is 23.3 Å². The molecular formula is C19H23N3O4. The molecule has 0 aliphatic carbocycles. The van der Waals surface area contributed by atoms with E-state index in [9.17, 15) is 15.3 Å². The van der Waals surface area contributed by atoms with Gasteiger partial charge in [-0.15, -0.1) is 5.10 Å². The van der Waals surface area contributed by atoms with Crippen LogP contribution in [0.2, 0.25) is 0 Å². The van der Waals surface area contributed by atoms with Crippen molar-refractivity contribution in [2.75, 3.05) is 12.1 Å². The second-order valence-corrected chi connectivity index (χ2v) is 6.53. The number of ether oxygens (including phenoxy) is 1. The Bertz CT molecular complexity index is 836. The molecule has 0 saturated carbocycles. The van der Waals surface area contributed by atoms with E-state index in [0.29, 0.717) is 23.4 Å². The number of phenols is 2. The van der Waals surface area contributed by atoms with Crippen LogP contribution in [0.3, 0.4) is 0 Å². The minimum Gasteiger partial charge on any atom is -0.508 e. The number of aromatic hydroxyl groups is 2. The van der Waals surface area contributed by atoms with E-state index in [1.54, 1.807) is 18.2 Å². The Balaban J connectivity index is 1.96. The van der Waals surface area contributed by atoms with Crippen molar-refractivity contribution >= 4 is 11.6 Å². The molecule has 1 aliphatic rings. The first kappa shape index (κ1) is 17.7. The summed E-state index contributed by atoms with van der Waals surface area (Å²) in [4.78, 5) is 0. The van der Waals surface area contributed by atoms with Crippen LogP contribution in [0.1, 0.15) is 30.9 Å². The average Bonchev–Trinajstić information content (AvgIpc) is 2.96. The number of hydrazine groups is 1. The van der Waals surface area contributed by atoms with Crippen molar-refractivity contribution in [3.05, 3.63) is 47.5 Å². The molecule has 2 aromatic carbocycles. The Morgan fingerprint density at radius 1 is 1.15 bits per heavy atom. The third kappa shape index (κ3) is 3.20. The summed E-state index contributed by atoms with van der Waals surface area (Å²) in [5, 5.41) is 36.1. The van der Waals surface area contributed by atoms with Crippen molar-refractivity contribution in [2.45, 2.75) is 32.2 Å². The molecule has 2 aromatic rings. The van der Waals surface area contributed by atoms with Gasteiger partial charge in [0.15, 0.2) is 0 Å². The molecule has 1 heterocycles. The molecule has 7 nitrogen and oxygen atoms in total. The average molecular weight is 357 g/mol. The zero-order valence-electron chi connectivity index (χ0n) is 15.0. The number of aliphatic hydroxyl groups is 1. The first-order valence-electron chi connectivity index (χ1n) is 8.41. The van der Waals surface area contributed by atoms with Crippen molar-refractivity contribution in [3.63, 3.8) is 0 Å². The van der Waals surface area contributed by atoms with Crippen LogP contribution in [0.25, 0.3) is 0 Å². The van der Waals surface area contributed by atoms with Crippen molar-refractivity contribution in [2.24, 2.45) is 5.10 Å². The standard InChI is InChI=1S/C19H23N3O4/c1-11(2)13-9-14(17(24)10-16(13)23)22-15(19(25)20-21-22)8-12-6-4-5-7-18(12)26-3/h4-7,9-11,15,21,23-24H,8H2,1-3H3,(H,20,25). The number of para-hydroxylation sites is 1. The zero-order chi connectivity index (χ0) is 18.8. The van der Waals surface area contributed by atoms with Crippen molar-refractivity contribution in [3.8, 4) is 17.2 Å². The molecule has 1 atom stereocenters. The lowest BCUT2D eigenvalue weighted by Gasteiger charge is -2.27. The first-order chi connectivity index (χ1) is 12.4. The quantitative estimate of drug-likeness (QED) is 0.657. The molecule has 0 amide bonds. The Morgan fingerprint density at radius 2 is 1.88 bits per heavy atom. The number of nitrogens with one attached hydrogen (secondary N) is 1. The number of hydrogen-bond acceptors (Lipinski definition) is 6. The van der Waals surface area contributed by atoms with Gasteiger partial charge < -0.3 is 20.1 Å². The SMILES string of the molecule is COc1ccccc1CC1C(O)=NNN1c1cc(C(C)C)c(O)cc1O. The van der Waals surface area contributed by atoms with Gasteiger partial charge in [0.25, 0.3) is 0 Å². The van der Waals surface area contributed by atoms with Gasteiger partial charge in [-0.05, 0) is 29.2 Å². The van der Waals surface area contributed by atoms with Crippen LogP contribution in [0.4, 0.5) is 5.69 Å². The first-order valence-corrected chi connectivity index (χ1v) is 8.41. The number of hydrogen-bond donors (Lipinski definition) is 4. The second-order valence-electron chi connectivity index (χ2n) is 6.53. The predicted octanol–water partition coefficient (Wildman–Crippen LogP) is 3.04. The number of methoxy groups -OCH3 is 1. The molecule has 7 heteroatoms. The van der Waals surface area contributed by atoms with Crippen LogP contribution >= 0.6 is 0 Å². The van der Waals surface area contributed by atoms with Gasteiger partial charge >= 0.3 is 0 Å².